The predicted octanol–water partition coefficient (Wildman–Crippen LogP) is 11.0. The summed E-state index contributed by atoms with van der Waals surface area (Å²) in [6, 6.07) is 15.7. The average Bonchev–Trinajstić information content (AvgIpc) is 3.05. The molecule has 4 aromatic rings. The maximum atomic E-state index is 6.43. The van der Waals surface area contributed by atoms with Crippen molar-refractivity contribution in [1.29, 1.82) is 0 Å². The highest BCUT2D eigenvalue weighted by molar-refractivity contribution is 5.86. The van der Waals surface area contributed by atoms with E-state index in [0.717, 1.165) is 71.4 Å². The summed E-state index contributed by atoms with van der Waals surface area (Å²) >= 11 is 0. The van der Waals surface area contributed by atoms with Gasteiger partial charge in [0.05, 0.1) is 35.6 Å². The van der Waals surface area contributed by atoms with Gasteiger partial charge in [0.2, 0.25) is 0 Å². The van der Waals surface area contributed by atoms with Gasteiger partial charge in [0, 0.05) is 24.5 Å². The van der Waals surface area contributed by atoms with Gasteiger partial charge < -0.3 is 9.47 Å². The van der Waals surface area contributed by atoms with Crippen molar-refractivity contribution in [3.63, 3.8) is 0 Å². The van der Waals surface area contributed by atoms with E-state index < -0.39 is 0 Å². The molecule has 0 aliphatic heterocycles. The summed E-state index contributed by atoms with van der Waals surface area (Å²) in [5, 5.41) is 0. The molecule has 2 unspecified atom stereocenters. The Morgan fingerprint density at radius 3 is 1.30 bits per heavy atom. The molecule has 4 rings (SSSR count). The quantitative estimate of drug-likeness (QED) is 0.0911. The standard InChI is InChI=1S/C40H56N4O2/c1-29(2)15-11-17-31(5)19-13-25-45-37-27-35-36(28-38(37)46-26-14-20-32(6)18-12-16-30(3)4)44-40(34-22-8-10-24-42-34)39(43-35)33-21-7-9-23-41-33/h7-10,21-24,27-32H,11-20,25-26H2,1-6H3. The second-order valence-electron chi connectivity index (χ2n) is 14.0. The number of hydrogen-bond acceptors (Lipinski definition) is 6. The third-order valence-corrected chi connectivity index (χ3v) is 8.70. The average molecular weight is 625 g/mol. The van der Waals surface area contributed by atoms with E-state index in [1.54, 1.807) is 12.4 Å². The van der Waals surface area contributed by atoms with Gasteiger partial charge in [-0.3, -0.25) is 9.97 Å². The van der Waals surface area contributed by atoms with Gasteiger partial charge in [0.1, 0.15) is 11.4 Å². The first-order valence-corrected chi connectivity index (χ1v) is 17.7. The number of pyridine rings is 2. The summed E-state index contributed by atoms with van der Waals surface area (Å²) in [7, 11) is 0. The zero-order chi connectivity index (χ0) is 32.7. The van der Waals surface area contributed by atoms with Crippen molar-refractivity contribution >= 4 is 11.0 Å². The van der Waals surface area contributed by atoms with Crippen LogP contribution in [0.1, 0.15) is 106 Å². The molecule has 3 aromatic heterocycles. The van der Waals surface area contributed by atoms with Gasteiger partial charge in [-0.1, -0.05) is 92.2 Å². The Labute approximate surface area is 277 Å². The lowest BCUT2D eigenvalue weighted by Gasteiger charge is -2.17. The van der Waals surface area contributed by atoms with Gasteiger partial charge in [-0.2, -0.15) is 0 Å². The van der Waals surface area contributed by atoms with Crippen LogP contribution in [-0.2, 0) is 0 Å². The van der Waals surface area contributed by atoms with Crippen molar-refractivity contribution in [2.45, 2.75) is 106 Å². The van der Waals surface area contributed by atoms with Crippen molar-refractivity contribution < 1.29 is 9.47 Å². The Morgan fingerprint density at radius 2 is 0.935 bits per heavy atom. The van der Waals surface area contributed by atoms with Crippen molar-refractivity contribution in [3.8, 4) is 34.3 Å². The first-order valence-electron chi connectivity index (χ1n) is 17.7. The monoisotopic (exact) mass is 624 g/mol. The van der Waals surface area contributed by atoms with Crippen LogP contribution in [0.25, 0.3) is 33.8 Å². The van der Waals surface area contributed by atoms with Crippen molar-refractivity contribution in [1.82, 2.24) is 19.9 Å². The molecule has 0 spiro atoms. The van der Waals surface area contributed by atoms with Crippen LogP contribution in [0.15, 0.2) is 60.9 Å². The number of ether oxygens (including phenoxy) is 2. The number of rotatable bonds is 20. The highest BCUT2D eigenvalue weighted by Crippen LogP contribution is 2.35. The molecule has 0 N–H and O–H groups in total. The van der Waals surface area contributed by atoms with Crippen LogP contribution in [-0.4, -0.2) is 33.1 Å². The van der Waals surface area contributed by atoms with E-state index in [2.05, 4.69) is 51.5 Å². The van der Waals surface area contributed by atoms with Crippen LogP contribution in [0.4, 0.5) is 0 Å². The normalized spacial score (nSPS) is 13.0. The van der Waals surface area contributed by atoms with Gasteiger partial charge in [0.25, 0.3) is 0 Å². The van der Waals surface area contributed by atoms with E-state index in [-0.39, 0.29) is 0 Å². The number of fused-ring (bicyclic) bond motifs is 1. The van der Waals surface area contributed by atoms with Crippen LogP contribution in [0.3, 0.4) is 0 Å². The van der Waals surface area contributed by atoms with Crippen LogP contribution in [0.2, 0.25) is 0 Å². The second kappa shape index (κ2) is 18.6. The Hall–Kier alpha value is -3.54. The van der Waals surface area contributed by atoms with Crippen molar-refractivity contribution in [2.24, 2.45) is 23.7 Å². The Balaban J connectivity index is 1.53. The molecule has 1 aromatic carbocycles. The zero-order valence-electron chi connectivity index (χ0n) is 29.2. The van der Waals surface area contributed by atoms with E-state index >= 15 is 0 Å². The van der Waals surface area contributed by atoms with E-state index in [0.29, 0.717) is 36.4 Å². The van der Waals surface area contributed by atoms with Gasteiger partial charge in [0.15, 0.2) is 11.5 Å². The Bertz CT molecular complexity index is 1330. The molecule has 248 valence electrons. The fourth-order valence-electron chi connectivity index (χ4n) is 5.92. The summed E-state index contributed by atoms with van der Waals surface area (Å²) in [6.07, 6.45) is 15.7. The van der Waals surface area contributed by atoms with E-state index in [1.807, 2.05) is 48.5 Å². The van der Waals surface area contributed by atoms with Crippen LogP contribution < -0.4 is 9.47 Å². The molecule has 0 bridgehead atoms. The van der Waals surface area contributed by atoms with Gasteiger partial charge in [-0.25, -0.2) is 9.97 Å². The molecular weight excluding hydrogens is 568 g/mol. The molecule has 0 amide bonds. The van der Waals surface area contributed by atoms with Gasteiger partial charge in [-0.05, 0) is 73.6 Å². The molecule has 2 atom stereocenters. The highest BCUT2D eigenvalue weighted by atomic mass is 16.5. The third-order valence-electron chi connectivity index (χ3n) is 8.70. The molecule has 0 saturated heterocycles. The minimum Gasteiger partial charge on any atom is -0.490 e. The van der Waals surface area contributed by atoms with Gasteiger partial charge >= 0.3 is 0 Å². The lowest BCUT2D eigenvalue weighted by molar-refractivity contribution is 0.250. The summed E-state index contributed by atoms with van der Waals surface area (Å²) in [5.41, 5.74) is 4.43. The van der Waals surface area contributed by atoms with Crippen LogP contribution in [0.5, 0.6) is 11.5 Å². The number of aromatic nitrogens is 4. The van der Waals surface area contributed by atoms with Crippen LogP contribution >= 0.6 is 0 Å². The summed E-state index contributed by atoms with van der Waals surface area (Å²) in [5.74, 6) is 4.42. The molecular formula is C40H56N4O2. The fraction of sp³-hybridized carbons (Fsp3) is 0.550. The largest absolute Gasteiger partial charge is 0.490 e. The SMILES string of the molecule is CC(C)CCCC(C)CCCOc1cc2nc(-c3ccccn3)c(-c3ccccn3)nc2cc1OCCCC(C)CCCC(C)C. The molecule has 6 nitrogen and oxygen atoms in total. The Kier molecular flexibility index (Phi) is 14.3. The number of hydrogen-bond donors (Lipinski definition) is 0. The molecule has 0 aliphatic carbocycles. The molecule has 0 saturated carbocycles. The number of nitrogens with zero attached hydrogens (tertiary/aromatic N) is 4. The third kappa shape index (κ3) is 11.4. The first-order chi connectivity index (χ1) is 22.3. The maximum Gasteiger partial charge on any atom is 0.163 e. The zero-order valence-corrected chi connectivity index (χ0v) is 29.2. The highest BCUT2D eigenvalue weighted by Gasteiger charge is 2.18. The smallest absolute Gasteiger partial charge is 0.163 e. The van der Waals surface area contributed by atoms with Gasteiger partial charge in [-0.15, -0.1) is 0 Å². The topological polar surface area (TPSA) is 70.0 Å². The van der Waals surface area contributed by atoms with Crippen molar-refractivity contribution in [2.75, 3.05) is 13.2 Å². The summed E-state index contributed by atoms with van der Waals surface area (Å²) < 4.78 is 12.9. The second-order valence-corrected chi connectivity index (χ2v) is 14.0. The molecule has 6 heteroatoms. The van der Waals surface area contributed by atoms with E-state index in [4.69, 9.17) is 19.4 Å². The number of benzene rings is 1. The molecule has 0 radical (unpaired) electrons. The minimum absolute atomic E-state index is 0.649. The van der Waals surface area contributed by atoms with E-state index in [9.17, 15) is 0 Å². The summed E-state index contributed by atoms with van der Waals surface area (Å²) in [4.78, 5) is 19.4. The minimum atomic E-state index is 0.649. The lowest BCUT2D eigenvalue weighted by atomic mass is 9.96. The molecule has 0 aliphatic rings. The maximum absolute atomic E-state index is 6.43. The molecule has 0 fully saturated rings. The Morgan fingerprint density at radius 1 is 0.522 bits per heavy atom. The van der Waals surface area contributed by atoms with Crippen molar-refractivity contribution in [3.05, 3.63) is 60.9 Å². The summed E-state index contributed by atoms with van der Waals surface area (Å²) in [6.45, 7) is 15.2. The van der Waals surface area contributed by atoms with E-state index in [1.165, 1.54) is 38.5 Å². The predicted molar refractivity (Wildman–Crippen MR) is 191 cm³/mol. The van der Waals surface area contributed by atoms with Crippen LogP contribution in [0, 0.1) is 23.7 Å². The lowest BCUT2D eigenvalue weighted by Crippen LogP contribution is -2.06. The fourth-order valence-corrected chi connectivity index (χ4v) is 5.92. The molecule has 46 heavy (non-hydrogen) atoms. The molecule has 3 heterocycles. The first kappa shape index (κ1) is 35.3.